The number of morpholine rings is 1. The first-order valence-electron chi connectivity index (χ1n) is 8.65. The van der Waals surface area contributed by atoms with E-state index < -0.39 is 10.0 Å². The molecule has 1 aromatic heterocycles. The SMILES string of the molecule is CN(Cc1ccccc1N1CCOCC1)S(=O)(=O)c1cccc2nsnc12. The summed E-state index contributed by atoms with van der Waals surface area (Å²) in [6, 6.07) is 13.0. The molecule has 2 aromatic carbocycles. The average molecular weight is 405 g/mol. The maximum Gasteiger partial charge on any atom is 0.245 e. The lowest BCUT2D eigenvalue weighted by molar-refractivity contribution is 0.122. The minimum absolute atomic E-state index is 0.195. The summed E-state index contributed by atoms with van der Waals surface area (Å²) in [6.45, 7) is 3.25. The molecule has 0 atom stereocenters. The number of hydrogen-bond donors (Lipinski definition) is 0. The molecule has 0 amide bonds. The Hall–Kier alpha value is -2.07. The molecular weight excluding hydrogens is 384 g/mol. The van der Waals surface area contributed by atoms with Gasteiger partial charge in [0.1, 0.15) is 15.9 Å². The summed E-state index contributed by atoms with van der Waals surface area (Å²) < 4.78 is 41.4. The first-order valence-corrected chi connectivity index (χ1v) is 10.8. The van der Waals surface area contributed by atoms with Gasteiger partial charge in [0.25, 0.3) is 0 Å². The van der Waals surface area contributed by atoms with Crippen molar-refractivity contribution in [2.75, 3.05) is 38.3 Å². The minimum atomic E-state index is -3.69. The van der Waals surface area contributed by atoms with Crippen LogP contribution in [0.3, 0.4) is 0 Å². The van der Waals surface area contributed by atoms with E-state index >= 15 is 0 Å². The van der Waals surface area contributed by atoms with Crippen LogP contribution in [0.2, 0.25) is 0 Å². The quantitative estimate of drug-likeness (QED) is 0.650. The van der Waals surface area contributed by atoms with Crippen LogP contribution in [0.5, 0.6) is 0 Å². The number of ether oxygens (including phenoxy) is 1. The first-order chi connectivity index (χ1) is 13.1. The van der Waals surface area contributed by atoms with Crippen LogP contribution in [0.1, 0.15) is 5.56 Å². The lowest BCUT2D eigenvalue weighted by Crippen LogP contribution is -2.37. The number of aromatic nitrogens is 2. The number of fused-ring (bicyclic) bond motifs is 1. The van der Waals surface area contributed by atoms with Crippen LogP contribution < -0.4 is 4.90 Å². The van der Waals surface area contributed by atoms with E-state index in [9.17, 15) is 8.42 Å². The molecule has 1 fully saturated rings. The van der Waals surface area contributed by atoms with Gasteiger partial charge in [-0.05, 0) is 23.8 Å². The molecule has 0 bridgehead atoms. The Balaban J connectivity index is 1.64. The Morgan fingerprint density at radius 3 is 2.70 bits per heavy atom. The fourth-order valence-corrected chi connectivity index (χ4v) is 5.14. The van der Waals surface area contributed by atoms with Crippen molar-refractivity contribution in [2.45, 2.75) is 11.4 Å². The highest BCUT2D eigenvalue weighted by Gasteiger charge is 2.26. The van der Waals surface area contributed by atoms with Crippen molar-refractivity contribution in [1.29, 1.82) is 0 Å². The van der Waals surface area contributed by atoms with Crippen molar-refractivity contribution < 1.29 is 13.2 Å². The van der Waals surface area contributed by atoms with Crippen molar-refractivity contribution in [2.24, 2.45) is 0 Å². The first kappa shape index (κ1) is 18.3. The van der Waals surface area contributed by atoms with E-state index in [1.165, 1.54) is 4.31 Å². The van der Waals surface area contributed by atoms with Crippen molar-refractivity contribution in [3.8, 4) is 0 Å². The summed E-state index contributed by atoms with van der Waals surface area (Å²) in [4.78, 5) is 2.43. The Kier molecular flexibility index (Phi) is 5.09. The molecule has 2 heterocycles. The monoisotopic (exact) mass is 404 g/mol. The number of anilines is 1. The summed E-state index contributed by atoms with van der Waals surface area (Å²) in [7, 11) is -2.09. The van der Waals surface area contributed by atoms with E-state index in [1.54, 1.807) is 25.2 Å². The largest absolute Gasteiger partial charge is 0.378 e. The normalized spacial score (nSPS) is 15.6. The van der Waals surface area contributed by atoms with Crippen LogP contribution in [0.4, 0.5) is 5.69 Å². The Morgan fingerprint density at radius 2 is 1.89 bits per heavy atom. The number of nitrogens with zero attached hydrogens (tertiary/aromatic N) is 4. The van der Waals surface area contributed by atoms with E-state index in [-0.39, 0.29) is 11.4 Å². The van der Waals surface area contributed by atoms with E-state index in [1.807, 2.05) is 24.3 Å². The second kappa shape index (κ2) is 7.51. The van der Waals surface area contributed by atoms with Gasteiger partial charge >= 0.3 is 0 Å². The molecule has 0 unspecified atom stereocenters. The Labute approximate surface area is 162 Å². The van der Waals surface area contributed by atoms with Gasteiger partial charge in [0, 0.05) is 32.4 Å². The van der Waals surface area contributed by atoms with Gasteiger partial charge in [-0.2, -0.15) is 13.1 Å². The highest BCUT2D eigenvalue weighted by Crippen LogP contribution is 2.27. The fraction of sp³-hybridized carbons (Fsp3) is 0.333. The molecule has 142 valence electrons. The maximum absolute atomic E-state index is 13.2. The lowest BCUT2D eigenvalue weighted by Gasteiger charge is -2.31. The minimum Gasteiger partial charge on any atom is -0.378 e. The summed E-state index contributed by atoms with van der Waals surface area (Å²) in [5.41, 5.74) is 3.05. The third-order valence-electron chi connectivity index (χ3n) is 4.67. The molecule has 4 rings (SSSR count). The standard InChI is InChI=1S/C18H20N4O3S2/c1-21(27(23,24)17-8-4-6-15-18(17)20-26-19-15)13-14-5-2-3-7-16(14)22-9-11-25-12-10-22/h2-8H,9-13H2,1H3. The molecule has 1 saturated heterocycles. The van der Waals surface area contributed by atoms with Crippen molar-refractivity contribution in [3.63, 3.8) is 0 Å². The van der Waals surface area contributed by atoms with Crippen LogP contribution in [-0.2, 0) is 21.3 Å². The molecule has 0 saturated carbocycles. The van der Waals surface area contributed by atoms with E-state index in [2.05, 4.69) is 13.6 Å². The molecule has 0 radical (unpaired) electrons. The van der Waals surface area contributed by atoms with Gasteiger partial charge < -0.3 is 9.64 Å². The molecule has 3 aromatic rings. The predicted molar refractivity (Wildman–Crippen MR) is 106 cm³/mol. The lowest BCUT2D eigenvalue weighted by atomic mass is 10.1. The smallest absolute Gasteiger partial charge is 0.245 e. The predicted octanol–water partition coefficient (Wildman–Crippen LogP) is 2.35. The Bertz CT molecular complexity index is 1050. The third kappa shape index (κ3) is 3.55. The van der Waals surface area contributed by atoms with Gasteiger partial charge in [-0.25, -0.2) is 8.42 Å². The molecule has 27 heavy (non-hydrogen) atoms. The van der Waals surface area contributed by atoms with E-state index in [4.69, 9.17) is 4.74 Å². The average Bonchev–Trinajstić information content (AvgIpc) is 3.17. The number of rotatable bonds is 5. The summed E-state index contributed by atoms with van der Waals surface area (Å²) in [5.74, 6) is 0. The molecule has 9 heteroatoms. The zero-order valence-corrected chi connectivity index (χ0v) is 16.5. The number of sulfonamides is 1. The van der Waals surface area contributed by atoms with Gasteiger partial charge in [0.05, 0.1) is 24.9 Å². The topological polar surface area (TPSA) is 75.6 Å². The van der Waals surface area contributed by atoms with Crippen molar-refractivity contribution in [3.05, 3.63) is 48.0 Å². The summed E-state index contributed by atoms with van der Waals surface area (Å²) in [5, 5.41) is 0. The molecule has 1 aliphatic rings. The zero-order chi connectivity index (χ0) is 18.9. The fourth-order valence-electron chi connectivity index (χ4n) is 3.24. The van der Waals surface area contributed by atoms with Crippen LogP contribution in [0.15, 0.2) is 47.4 Å². The van der Waals surface area contributed by atoms with Crippen LogP contribution >= 0.6 is 11.7 Å². The molecule has 0 N–H and O–H groups in total. The molecule has 0 spiro atoms. The van der Waals surface area contributed by atoms with Crippen LogP contribution in [0, 0.1) is 0 Å². The van der Waals surface area contributed by atoms with Crippen LogP contribution in [0.25, 0.3) is 11.0 Å². The van der Waals surface area contributed by atoms with Gasteiger partial charge in [0.15, 0.2) is 0 Å². The third-order valence-corrected chi connectivity index (χ3v) is 7.05. The van der Waals surface area contributed by atoms with E-state index in [0.717, 1.165) is 36.1 Å². The summed E-state index contributed by atoms with van der Waals surface area (Å²) in [6.07, 6.45) is 0. The molecule has 0 aliphatic carbocycles. The summed E-state index contributed by atoms with van der Waals surface area (Å²) >= 11 is 1.02. The van der Waals surface area contributed by atoms with Crippen molar-refractivity contribution >= 4 is 38.5 Å². The van der Waals surface area contributed by atoms with Gasteiger partial charge in [-0.3, -0.25) is 0 Å². The number of para-hydroxylation sites is 1. The highest BCUT2D eigenvalue weighted by atomic mass is 32.2. The zero-order valence-electron chi connectivity index (χ0n) is 14.9. The van der Waals surface area contributed by atoms with Gasteiger partial charge in [-0.1, -0.05) is 24.3 Å². The second-order valence-corrected chi connectivity index (χ2v) is 8.92. The highest BCUT2D eigenvalue weighted by molar-refractivity contribution is 7.89. The number of benzene rings is 2. The van der Waals surface area contributed by atoms with E-state index in [0.29, 0.717) is 24.2 Å². The molecular formula is C18H20N4O3S2. The number of hydrogen-bond acceptors (Lipinski definition) is 7. The van der Waals surface area contributed by atoms with Crippen molar-refractivity contribution in [1.82, 2.24) is 13.1 Å². The van der Waals surface area contributed by atoms with Gasteiger partial charge in [0.2, 0.25) is 10.0 Å². The molecule has 7 nitrogen and oxygen atoms in total. The van der Waals surface area contributed by atoms with Gasteiger partial charge in [-0.15, -0.1) is 0 Å². The van der Waals surface area contributed by atoms with Crippen LogP contribution in [-0.4, -0.2) is 54.8 Å². The Morgan fingerprint density at radius 1 is 1.11 bits per heavy atom. The maximum atomic E-state index is 13.2. The second-order valence-electron chi connectivity index (χ2n) is 6.38. The molecule has 1 aliphatic heterocycles.